The van der Waals surface area contributed by atoms with Crippen LogP contribution in [0.4, 0.5) is 0 Å². The Bertz CT molecular complexity index is 168. The van der Waals surface area contributed by atoms with Crippen molar-refractivity contribution in [1.29, 1.82) is 0 Å². The van der Waals surface area contributed by atoms with Gasteiger partial charge in [-0.3, -0.25) is 0 Å². The molecule has 1 aliphatic rings. The molecule has 0 amide bonds. The third-order valence-electron chi connectivity index (χ3n) is 3.14. The van der Waals surface area contributed by atoms with Crippen molar-refractivity contribution in [1.82, 2.24) is 15.1 Å². The van der Waals surface area contributed by atoms with Gasteiger partial charge in [0.1, 0.15) is 0 Å². The van der Waals surface area contributed by atoms with E-state index in [1.165, 1.54) is 26.1 Å². The lowest BCUT2D eigenvalue weighted by Gasteiger charge is -2.20. The number of likely N-dealkylation sites (N-methyl/N-ethyl adjacent to an activating group) is 1. The molecule has 0 bridgehead atoms. The van der Waals surface area contributed by atoms with E-state index in [1.54, 1.807) is 0 Å². The molecular weight excluding hydrogens is 186 g/mol. The van der Waals surface area contributed by atoms with Gasteiger partial charge in [-0.1, -0.05) is 13.8 Å². The summed E-state index contributed by atoms with van der Waals surface area (Å²) in [6, 6.07) is 0.773. The molecule has 0 aromatic rings. The van der Waals surface area contributed by atoms with E-state index in [-0.39, 0.29) is 0 Å². The van der Waals surface area contributed by atoms with E-state index >= 15 is 0 Å². The lowest BCUT2D eigenvalue weighted by molar-refractivity contribution is 0.268. The third kappa shape index (κ3) is 4.96. The van der Waals surface area contributed by atoms with E-state index in [0.717, 1.165) is 25.0 Å². The second-order valence-electron chi connectivity index (χ2n) is 5.30. The second kappa shape index (κ2) is 6.46. The average molecular weight is 213 g/mol. The molecule has 0 aliphatic carbocycles. The standard InChI is InChI=1S/C12H27N3/c1-11(2)9-13-6-8-15-7-5-12(10-15)14(3)4/h11-13H,5-10H2,1-4H3. The average Bonchev–Trinajstić information content (AvgIpc) is 2.60. The minimum Gasteiger partial charge on any atom is -0.315 e. The summed E-state index contributed by atoms with van der Waals surface area (Å²) in [5, 5.41) is 3.50. The van der Waals surface area contributed by atoms with Crippen molar-refractivity contribution in [3.63, 3.8) is 0 Å². The minimum atomic E-state index is 0.762. The van der Waals surface area contributed by atoms with Crippen LogP contribution in [0.2, 0.25) is 0 Å². The summed E-state index contributed by atoms with van der Waals surface area (Å²) in [4.78, 5) is 4.92. The lowest BCUT2D eigenvalue weighted by atomic mass is 10.2. The largest absolute Gasteiger partial charge is 0.315 e. The van der Waals surface area contributed by atoms with Gasteiger partial charge in [0, 0.05) is 25.7 Å². The second-order valence-corrected chi connectivity index (χ2v) is 5.30. The van der Waals surface area contributed by atoms with Crippen LogP contribution in [0.15, 0.2) is 0 Å². The quantitative estimate of drug-likeness (QED) is 0.661. The maximum absolute atomic E-state index is 3.50. The molecule has 0 spiro atoms. The molecule has 1 unspecified atom stereocenters. The highest BCUT2D eigenvalue weighted by Crippen LogP contribution is 2.11. The molecule has 0 aromatic heterocycles. The number of rotatable bonds is 6. The highest BCUT2D eigenvalue weighted by Gasteiger charge is 2.22. The first kappa shape index (κ1) is 12.9. The van der Waals surface area contributed by atoms with Crippen molar-refractivity contribution in [3.05, 3.63) is 0 Å². The summed E-state index contributed by atoms with van der Waals surface area (Å²) in [7, 11) is 4.37. The number of hydrogen-bond donors (Lipinski definition) is 1. The molecule has 3 nitrogen and oxygen atoms in total. The maximum atomic E-state index is 3.50. The van der Waals surface area contributed by atoms with Gasteiger partial charge in [0.2, 0.25) is 0 Å². The van der Waals surface area contributed by atoms with Gasteiger partial charge < -0.3 is 15.1 Å². The Balaban J connectivity index is 2.04. The van der Waals surface area contributed by atoms with Crippen LogP contribution in [0.1, 0.15) is 20.3 Å². The van der Waals surface area contributed by atoms with Crippen LogP contribution in [0.3, 0.4) is 0 Å². The summed E-state index contributed by atoms with van der Waals surface area (Å²) in [5.74, 6) is 0.762. The van der Waals surface area contributed by atoms with E-state index in [0.29, 0.717) is 0 Å². The van der Waals surface area contributed by atoms with Gasteiger partial charge >= 0.3 is 0 Å². The smallest absolute Gasteiger partial charge is 0.0229 e. The molecule has 1 fully saturated rings. The van der Waals surface area contributed by atoms with Gasteiger partial charge in [-0.2, -0.15) is 0 Å². The number of hydrogen-bond acceptors (Lipinski definition) is 3. The Hall–Kier alpha value is -0.120. The van der Waals surface area contributed by atoms with Gasteiger partial charge in [0.05, 0.1) is 0 Å². The zero-order valence-corrected chi connectivity index (χ0v) is 10.8. The number of nitrogens with one attached hydrogen (secondary N) is 1. The summed E-state index contributed by atoms with van der Waals surface area (Å²) < 4.78 is 0. The fraction of sp³-hybridized carbons (Fsp3) is 1.00. The normalized spacial score (nSPS) is 23.2. The molecule has 0 radical (unpaired) electrons. The van der Waals surface area contributed by atoms with Crippen molar-refractivity contribution < 1.29 is 0 Å². The van der Waals surface area contributed by atoms with Gasteiger partial charge in [0.15, 0.2) is 0 Å². The predicted octanol–water partition coefficient (Wildman–Crippen LogP) is 0.868. The zero-order valence-electron chi connectivity index (χ0n) is 10.8. The zero-order chi connectivity index (χ0) is 11.3. The Morgan fingerprint density at radius 2 is 2.13 bits per heavy atom. The third-order valence-corrected chi connectivity index (χ3v) is 3.14. The SMILES string of the molecule is CC(C)CNCCN1CCC(N(C)C)C1. The number of nitrogens with zero attached hydrogens (tertiary/aromatic N) is 2. The van der Waals surface area contributed by atoms with Crippen molar-refractivity contribution in [2.24, 2.45) is 5.92 Å². The lowest BCUT2D eigenvalue weighted by Crippen LogP contribution is -2.35. The van der Waals surface area contributed by atoms with Gasteiger partial charge in [-0.15, -0.1) is 0 Å². The molecule has 0 aromatic carbocycles. The molecule has 1 heterocycles. The first-order valence-corrected chi connectivity index (χ1v) is 6.19. The van der Waals surface area contributed by atoms with Crippen LogP contribution in [-0.2, 0) is 0 Å². The minimum absolute atomic E-state index is 0.762. The topological polar surface area (TPSA) is 18.5 Å². The summed E-state index contributed by atoms with van der Waals surface area (Å²) in [5.41, 5.74) is 0. The number of likely N-dealkylation sites (tertiary alicyclic amines) is 1. The van der Waals surface area contributed by atoms with Crippen LogP contribution in [-0.4, -0.2) is 62.7 Å². The van der Waals surface area contributed by atoms with Crippen LogP contribution < -0.4 is 5.32 Å². The van der Waals surface area contributed by atoms with E-state index in [1.807, 2.05) is 0 Å². The summed E-state index contributed by atoms with van der Waals surface area (Å²) in [6.45, 7) is 10.5. The Kier molecular flexibility index (Phi) is 5.58. The molecule has 1 atom stereocenters. The fourth-order valence-electron chi connectivity index (χ4n) is 2.06. The summed E-state index contributed by atoms with van der Waals surface area (Å²) >= 11 is 0. The first-order valence-electron chi connectivity index (χ1n) is 6.19. The van der Waals surface area contributed by atoms with Gasteiger partial charge in [-0.25, -0.2) is 0 Å². The molecule has 15 heavy (non-hydrogen) atoms. The molecule has 3 heteroatoms. The van der Waals surface area contributed by atoms with Crippen molar-refractivity contribution in [3.8, 4) is 0 Å². The van der Waals surface area contributed by atoms with Crippen LogP contribution in [0.25, 0.3) is 0 Å². The molecule has 90 valence electrons. The molecule has 0 saturated carbocycles. The Morgan fingerprint density at radius 3 is 2.67 bits per heavy atom. The van der Waals surface area contributed by atoms with Crippen molar-refractivity contribution >= 4 is 0 Å². The van der Waals surface area contributed by atoms with Gasteiger partial charge in [0.25, 0.3) is 0 Å². The monoisotopic (exact) mass is 213 g/mol. The van der Waals surface area contributed by atoms with E-state index in [4.69, 9.17) is 0 Å². The first-order chi connectivity index (χ1) is 7.09. The molecular formula is C12H27N3. The van der Waals surface area contributed by atoms with Crippen LogP contribution >= 0.6 is 0 Å². The molecule has 1 rings (SSSR count). The Morgan fingerprint density at radius 1 is 1.40 bits per heavy atom. The highest BCUT2D eigenvalue weighted by molar-refractivity contribution is 4.80. The van der Waals surface area contributed by atoms with Gasteiger partial charge in [-0.05, 0) is 39.5 Å². The fourth-order valence-corrected chi connectivity index (χ4v) is 2.06. The van der Waals surface area contributed by atoms with Crippen molar-refractivity contribution in [2.75, 3.05) is 46.8 Å². The predicted molar refractivity (Wildman–Crippen MR) is 66.2 cm³/mol. The van der Waals surface area contributed by atoms with Crippen molar-refractivity contribution in [2.45, 2.75) is 26.3 Å². The van der Waals surface area contributed by atoms with Crippen LogP contribution in [0.5, 0.6) is 0 Å². The van der Waals surface area contributed by atoms with E-state index < -0.39 is 0 Å². The maximum Gasteiger partial charge on any atom is 0.0229 e. The van der Waals surface area contributed by atoms with E-state index in [9.17, 15) is 0 Å². The van der Waals surface area contributed by atoms with Crippen LogP contribution in [0, 0.1) is 5.92 Å². The highest BCUT2D eigenvalue weighted by atomic mass is 15.2. The molecule has 1 N–H and O–H groups in total. The molecule has 1 aliphatic heterocycles. The Labute approximate surface area is 94.8 Å². The van der Waals surface area contributed by atoms with E-state index in [2.05, 4.69) is 43.1 Å². The summed E-state index contributed by atoms with van der Waals surface area (Å²) in [6.07, 6.45) is 1.33. The molecule has 1 saturated heterocycles.